The fourth-order valence-electron chi connectivity index (χ4n) is 5.14. The minimum absolute atomic E-state index is 0.114. The van der Waals surface area contributed by atoms with Crippen LogP contribution in [0.3, 0.4) is 0 Å². The van der Waals surface area contributed by atoms with Crippen molar-refractivity contribution in [2.24, 2.45) is 0 Å². The number of nitrogens with zero attached hydrogens (tertiary/aromatic N) is 1. The van der Waals surface area contributed by atoms with Crippen molar-refractivity contribution in [2.45, 2.75) is 82.8 Å². The molecule has 1 saturated heterocycles. The van der Waals surface area contributed by atoms with E-state index in [0.29, 0.717) is 38.4 Å². The lowest BCUT2D eigenvalue weighted by Gasteiger charge is -2.25. The van der Waals surface area contributed by atoms with Crippen LogP contribution < -0.4 is 0 Å². The van der Waals surface area contributed by atoms with E-state index < -0.39 is 0 Å². The zero-order valence-electron chi connectivity index (χ0n) is 23.6. The summed E-state index contributed by atoms with van der Waals surface area (Å²) in [6, 6.07) is 32.6. The molecule has 0 amide bonds. The molecule has 0 aliphatic carbocycles. The number of hydrogen-bond acceptors (Lipinski definition) is 6. The predicted octanol–water partition coefficient (Wildman–Crippen LogP) is 7.45. The molecule has 0 saturated carbocycles. The van der Waals surface area contributed by atoms with E-state index in [0.717, 1.165) is 55.1 Å². The number of nitriles is 1. The molecule has 1 aliphatic rings. The summed E-state index contributed by atoms with van der Waals surface area (Å²) in [6.45, 7) is 1.89. The molecule has 0 spiro atoms. The molecule has 0 bridgehead atoms. The third-order valence-electron chi connectivity index (χ3n) is 7.35. The summed E-state index contributed by atoms with van der Waals surface area (Å²) in [6.07, 6.45) is 5.35. The highest BCUT2D eigenvalue weighted by molar-refractivity contribution is 5.17. The van der Waals surface area contributed by atoms with Crippen molar-refractivity contribution in [3.63, 3.8) is 0 Å². The van der Waals surface area contributed by atoms with Gasteiger partial charge in [-0.15, -0.1) is 0 Å². The number of rotatable bonds is 17. The average molecular weight is 556 g/mol. The van der Waals surface area contributed by atoms with Crippen LogP contribution in [0.25, 0.3) is 0 Å². The molecule has 6 nitrogen and oxygen atoms in total. The summed E-state index contributed by atoms with van der Waals surface area (Å²) in [4.78, 5) is 0. The standard InChI is InChI=1S/C35H41NO5/c36-22-31(23-37)20-6-1-2-13-21-32-34(39-25-29-16-9-4-10-17-29)35(40-26-30-18-11-5-12-19-30)33(41-32)27-38-24-28-14-7-3-8-15-28/h3-5,7-12,14-19,23,32-35,37H,1-2,6,13,20-21,24-27H2/b31-23-/t32?,33-,34+,35-/m1/s1. The van der Waals surface area contributed by atoms with Gasteiger partial charge in [-0.25, -0.2) is 0 Å². The van der Waals surface area contributed by atoms with Gasteiger partial charge in [0.2, 0.25) is 0 Å². The second-order valence-electron chi connectivity index (χ2n) is 10.5. The summed E-state index contributed by atoms with van der Waals surface area (Å²) in [5.41, 5.74) is 3.77. The maximum Gasteiger partial charge on any atom is 0.115 e. The van der Waals surface area contributed by atoms with E-state index >= 15 is 0 Å². The maximum atomic E-state index is 9.09. The Hall–Kier alpha value is -3.47. The molecule has 4 atom stereocenters. The van der Waals surface area contributed by atoms with Gasteiger partial charge in [0.05, 0.1) is 50.4 Å². The number of aliphatic hydroxyl groups excluding tert-OH is 1. The Labute approximate surface area is 244 Å². The number of benzene rings is 3. The van der Waals surface area contributed by atoms with Crippen LogP contribution in [-0.2, 0) is 38.8 Å². The van der Waals surface area contributed by atoms with Crippen LogP contribution in [0.15, 0.2) is 103 Å². The Morgan fingerprint density at radius 1 is 0.707 bits per heavy atom. The van der Waals surface area contributed by atoms with Gasteiger partial charge in [0.15, 0.2) is 0 Å². The van der Waals surface area contributed by atoms with Crippen molar-refractivity contribution in [1.29, 1.82) is 5.26 Å². The van der Waals surface area contributed by atoms with Crippen molar-refractivity contribution < 1.29 is 24.1 Å². The molecular weight excluding hydrogens is 514 g/mol. The third-order valence-corrected chi connectivity index (χ3v) is 7.35. The maximum absolute atomic E-state index is 9.09. The normalized spacial score (nSPS) is 20.6. The van der Waals surface area contributed by atoms with Crippen LogP contribution in [0.5, 0.6) is 0 Å². The summed E-state index contributed by atoms with van der Waals surface area (Å²) in [5.74, 6) is 0. The fraction of sp³-hybridized carbons (Fsp3) is 0.400. The Morgan fingerprint density at radius 2 is 1.22 bits per heavy atom. The Morgan fingerprint density at radius 3 is 1.76 bits per heavy atom. The number of allylic oxidation sites excluding steroid dienone is 1. The Bertz CT molecular complexity index is 1200. The Balaban J connectivity index is 1.41. The zero-order chi connectivity index (χ0) is 28.5. The molecule has 1 unspecified atom stereocenters. The molecule has 1 aliphatic heterocycles. The van der Waals surface area contributed by atoms with E-state index in [-0.39, 0.29) is 24.4 Å². The molecule has 1 fully saturated rings. The third kappa shape index (κ3) is 10.1. The van der Waals surface area contributed by atoms with Crippen molar-refractivity contribution >= 4 is 0 Å². The van der Waals surface area contributed by atoms with Crippen molar-refractivity contribution in [1.82, 2.24) is 0 Å². The van der Waals surface area contributed by atoms with Gasteiger partial charge in [-0.05, 0) is 36.0 Å². The number of hydrogen-bond donors (Lipinski definition) is 1. The molecule has 1 N–H and O–H groups in total. The van der Waals surface area contributed by atoms with Gasteiger partial charge in [0, 0.05) is 0 Å². The highest BCUT2D eigenvalue weighted by atomic mass is 16.6. The molecule has 1 heterocycles. The second-order valence-corrected chi connectivity index (χ2v) is 10.5. The second kappa shape index (κ2) is 17.4. The van der Waals surface area contributed by atoms with E-state index in [9.17, 15) is 0 Å². The smallest absolute Gasteiger partial charge is 0.115 e. The van der Waals surface area contributed by atoms with Crippen LogP contribution >= 0.6 is 0 Å². The Kier molecular flexibility index (Phi) is 12.9. The first-order valence-corrected chi connectivity index (χ1v) is 14.6. The number of unbranched alkanes of at least 4 members (excludes halogenated alkanes) is 3. The molecule has 6 heteroatoms. The van der Waals surface area contributed by atoms with E-state index in [1.165, 1.54) is 0 Å². The van der Waals surface area contributed by atoms with Crippen molar-refractivity contribution in [2.75, 3.05) is 6.61 Å². The van der Waals surface area contributed by atoms with Gasteiger partial charge in [-0.1, -0.05) is 110 Å². The topological polar surface area (TPSA) is 80.9 Å². The molecule has 0 radical (unpaired) electrons. The minimum atomic E-state index is -0.271. The van der Waals surface area contributed by atoms with Gasteiger partial charge in [-0.3, -0.25) is 0 Å². The lowest BCUT2D eigenvalue weighted by molar-refractivity contribution is -0.0898. The highest BCUT2D eigenvalue weighted by Crippen LogP contribution is 2.32. The quantitative estimate of drug-likeness (QED) is 0.106. The van der Waals surface area contributed by atoms with Crippen molar-refractivity contribution in [3.8, 4) is 6.07 Å². The lowest BCUT2D eigenvalue weighted by atomic mass is 10.0. The summed E-state index contributed by atoms with van der Waals surface area (Å²) in [5, 5.41) is 18.1. The van der Waals surface area contributed by atoms with Gasteiger partial charge in [0.25, 0.3) is 0 Å². The van der Waals surface area contributed by atoms with Gasteiger partial charge in [-0.2, -0.15) is 5.26 Å². The fourth-order valence-corrected chi connectivity index (χ4v) is 5.14. The SMILES string of the molecule is N#C/C(=C\O)CCCCCCC1O[C@H](COCc2ccccc2)[C@@H](OCc2ccccc2)[C@H]1OCc1ccccc1. The number of aliphatic hydroxyl groups is 1. The van der Waals surface area contributed by atoms with Gasteiger partial charge < -0.3 is 24.1 Å². The van der Waals surface area contributed by atoms with Crippen LogP contribution in [0.1, 0.15) is 55.2 Å². The zero-order valence-corrected chi connectivity index (χ0v) is 23.6. The van der Waals surface area contributed by atoms with Gasteiger partial charge in [0.1, 0.15) is 18.3 Å². The molecule has 3 aromatic rings. The predicted molar refractivity (Wildman–Crippen MR) is 159 cm³/mol. The van der Waals surface area contributed by atoms with Crippen LogP contribution in [0, 0.1) is 11.3 Å². The largest absolute Gasteiger partial charge is 0.515 e. The van der Waals surface area contributed by atoms with Crippen LogP contribution in [0.2, 0.25) is 0 Å². The van der Waals surface area contributed by atoms with Gasteiger partial charge >= 0.3 is 0 Å². The van der Waals surface area contributed by atoms with Crippen molar-refractivity contribution in [3.05, 3.63) is 120 Å². The van der Waals surface area contributed by atoms with Crippen LogP contribution in [0.4, 0.5) is 0 Å². The lowest BCUT2D eigenvalue weighted by Crippen LogP contribution is -2.39. The van der Waals surface area contributed by atoms with Crippen LogP contribution in [-0.4, -0.2) is 36.1 Å². The first-order valence-electron chi connectivity index (χ1n) is 14.6. The first-order chi connectivity index (χ1) is 20.3. The van der Waals surface area contributed by atoms with E-state index in [4.69, 9.17) is 29.3 Å². The summed E-state index contributed by atoms with van der Waals surface area (Å²) in [7, 11) is 0. The molecule has 41 heavy (non-hydrogen) atoms. The minimum Gasteiger partial charge on any atom is -0.515 e. The molecule has 3 aromatic carbocycles. The molecule has 4 rings (SSSR count). The first kappa shape index (κ1) is 30.5. The summed E-state index contributed by atoms with van der Waals surface area (Å²) < 4.78 is 25.9. The molecule has 0 aromatic heterocycles. The number of ether oxygens (including phenoxy) is 4. The van der Waals surface area contributed by atoms with E-state index in [1.807, 2.05) is 60.7 Å². The summed E-state index contributed by atoms with van der Waals surface area (Å²) >= 11 is 0. The average Bonchev–Trinajstić information content (AvgIpc) is 3.35. The van der Waals surface area contributed by atoms with E-state index in [2.05, 4.69) is 36.4 Å². The highest BCUT2D eigenvalue weighted by Gasteiger charge is 2.46. The molecular formula is C35H41NO5. The van der Waals surface area contributed by atoms with E-state index in [1.54, 1.807) is 0 Å². The molecule has 216 valence electrons. The monoisotopic (exact) mass is 555 g/mol.